The van der Waals surface area contributed by atoms with Crippen LogP contribution in [0.1, 0.15) is 37.7 Å². The first-order chi connectivity index (χ1) is 9.77. The van der Waals surface area contributed by atoms with Crippen molar-refractivity contribution in [2.45, 2.75) is 38.6 Å². The second kappa shape index (κ2) is 8.00. The van der Waals surface area contributed by atoms with Crippen molar-refractivity contribution in [3.63, 3.8) is 0 Å². The first-order valence-corrected chi connectivity index (χ1v) is 7.49. The van der Waals surface area contributed by atoms with Crippen molar-refractivity contribution in [3.8, 4) is 0 Å². The molecule has 0 atom stereocenters. The van der Waals surface area contributed by atoms with E-state index in [1.54, 1.807) is 12.1 Å². The molecule has 1 N–H and O–H groups in total. The maximum atomic E-state index is 13.4. The van der Waals surface area contributed by atoms with Crippen LogP contribution in [0.15, 0.2) is 24.3 Å². The van der Waals surface area contributed by atoms with E-state index in [9.17, 15) is 9.18 Å². The second-order valence-electron chi connectivity index (χ2n) is 5.31. The molecule has 1 aliphatic heterocycles. The third-order valence-electron chi connectivity index (χ3n) is 3.75. The first kappa shape index (κ1) is 15.0. The molecule has 0 spiro atoms. The van der Waals surface area contributed by atoms with E-state index in [-0.39, 0.29) is 11.7 Å². The molecular formula is C16H23FN2O. The number of hydrogen-bond donors (Lipinski definition) is 1. The zero-order valence-electron chi connectivity index (χ0n) is 11.9. The van der Waals surface area contributed by atoms with E-state index in [0.717, 1.165) is 25.9 Å². The molecule has 1 heterocycles. The minimum atomic E-state index is -0.196. The van der Waals surface area contributed by atoms with Crippen LogP contribution in [-0.2, 0) is 11.3 Å². The Kier molecular flexibility index (Phi) is 5.99. The van der Waals surface area contributed by atoms with Gasteiger partial charge in [-0.15, -0.1) is 0 Å². The number of carbonyl (C=O) groups excluding carboxylic acids is 1. The van der Waals surface area contributed by atoms with Gasteiger partial charge in [0.1, 0.15) is 5.82 Å². The zero-order valence-corrected chi connectivity index (χ0v) is 11.9. The van der Waals surface area contributed by atoms with Crippen LogP contribution in [0.3, 0.4) is 0 Å². The van der Waals surface area contributed by atoms with Gasteiger partial charge in [-0.2, -0.15) is 0 Å². The molecule has 0 aliphatic carbocycles. The maximum Gasteiger partial charge on any atom is 0.223 e. The average molecular weight is 278 g/mol. The van der Waals surface area contributed by atoms with E-state index >= 15 is 0 Å². The molecule has 0 radical (unpaired) electrons. The van der Waals surface area contributed by atoms with Crippen molar-refractivity contribution in [1.82, 2.24) is 10.2 Å². The van der Waals surface area contributed by atoms with Gasteiger partial charge in [0, 0.05) is 38.2 Å². The maximum absolute atomic E-state index is 13.4. The van der Waals surface area contributed by atoms with Crippen LogP contribution < -0.4 is 5.32 Å². The van der Waals surface area contributed by atoms with Crippen molar-refractivity contribution in [2.75, 3.05) is 19.6 Å². The quantitative estimate of drug-likeness (QED) is 0.840. The summed E-state index contributed by atoms with van der Waals surface area (Å²) in [7, 11) is 0. The number of carbonyl (C=O) groups is 1. The minimum Gasteiger partial charge on any atom is -0.343 e. The summed E-state index contributed by atoms with van der Waals surface area (Å²) in [5, 5.41) is 3.14. The molecule has 1 aromatic rings. The summed E-state index contributed by atoms with van der Waals surface area (Å²) in [6.45, 7) is 2.86. The van der Waals surface area contributed by atoms with Crippen molar-refractivity contribution in [2.24, 2.45) is 0 Å². The molecule has 1 amide bonds. The Morgan fingerprint density at radius 2 is 1.85 bits per heavy atom. The van der Waals surface area contributed by atoms with E-state index in [4.69, 9.17) is 0 Å². The third-order valence-corrected chi connectivity index (χ3v) is 3.75. The van der Waals surface area contributed by atoms with Crippen LogP contribution in [0.5, 0.6) is 0 Å². The highest BCUT2D eigenvalue weighted by atomic mass is 19.1. The number of likely N-dealkylation sites (tertiary alicyclic amines) is 1. The molecular weight excluding hydrogens is 255 g/mol. The van der Waals surface area contributed by atoms with Crippen LogP contribution in [0.25, 0.3) is 0 Å². The summed E-state index contributed by atoms with van der Waals surface area (Å²) < 4.78 is 13.4. The highest BCUT2D eigenvalue weighted by Crippen LogP contribution is 2.10. The van der Waals surface area contributed by atoms with Gasteiger partial charge in [0.05, 0.1) is 0 Å². The van der Waals surface area contributed by atoms with Crippen LogP contribution in [-0.4, -0.2) is 30.4 Å². The van der Waals surface area contributed by atoms with Crippen molar-refractivity contribution >= 4 is 5.91 Å². The van der Waals surface area contributed by atoms with Crippen LogP contribution in [0.2, 0.25) is 0 Å². The third kappa shape index (κ3) is 4.60. The lowest BCUT2D eigenvalue weighted by Gasteiger charge is -2.20. The largest absolute Gasteiger partial charge is 0.343 e. The lowest BCUT2D eigenvalue weighted by Crippen LogP contribution is -2.33. The van der Waals surface area contributed by atoms with Crippen LogP contribution in [0, 0.1) is 5.82 Å². The second-order valence-corrected chi connectivity index (χ2v) is 5.31. The molecule has 2 rings (SSSR count). The van der Waals surface area contributed by atoms with E-state index in [1.807, 2.05) is 11.0 Å². The molecule has 1 fully saturated rings. The van der Waals surface area contributed by atoms with E-state index in [1.165, 1.54) is 18.9 Å². The summed E-state index contributed by atoms with van der Waals surface area (Å²) in [5.74, 6) is 0.0202. The molecule has 0 saturated carbocycles. The molecule has 110 valence electrons. The van der Waals surface area contributed by atoms with Crippen molar-refractivity contribution in [1.29, 1.82) is 0 Å². The number of nitrogens with one attached hydrogen (secondary N) is 1. The summed E-state index contributed by atoms with van der Waals surface area (Å²) in [5.41, 5.74) is 0.648. The Bertz CT molecular complexity index is 428. The van der Waals surface area contributed by atoms with E-state index in [0.29, 0.717) is 25.1 Å². The van der Waals surface area contributed by atoms with Gasteiger partial charge in [0.2, 0.25) is 5.91 Å². The van der Waals surface area contributed by atoms with Gasteiger partial charge in [-0.1, -0.05) is 31.0 Å². The number of benzene rings is 1. The Labute approximate surface area is 120 Å². The SMILES string of the molecule is O=C(CCNCc1ccccc1F)N1CCCCCC1. The summed E-state index contributed by atoms with van der Waals surface area (Å²) in [4.78, 5) is 14.0. The molecule has 3 nitrogen and oxygen atoms in total. The lowest BCUT2D eigenvalue weighted by atomic mass is 10.2. The molecule has 1 aromatic carbocycles. The number of nitrogens with zero attached hydrogens (tertiary/aromatic N) is 1. The van der Waals surface area contributed by atoms with Crippen LogP contribution in [0.4, 0.5) is 4.39 Å². The first-order valence-electron chi connectivity index (χ1n) is 7.49. The topological polar surface area (TPSA) is 32.3 Å². The zero-order chi connectivity index (χ0) is 14.2. The number of halogens is 1. The van der Waals surface area contributed by atoms with Gasteiger partial charge in [0.25, 0.3) is 0 Å². The van der Waals surface area contributed by atoms with E-state index < -0.39 is 0 Å². The number of rotatable bonds is 5. The lowest BCUT2D eigenvalue weighted by molar-refractivity contribution is -0.131. The fourth-order valence-corrected chi connectivity index (χ4v) is 2.54. The van der Waals surface area contributed by atoms with Gasteiger partial charge in [-0.05, 0) is 18.9 Å². The molecule has 0 unspecified atom stereocenters. The van der Waals surface area contributed by atoms with Crippen LogP contribution >= 0.6 is 0 Å². The predicted octanol–water partition coefficient (Wildman–Crippen LogP) is 2.71. The van der Waals surface area contributed by atoms with Gasteiger partial charge in [-0.25, -0.2) is 4.39 Å². The van der Waals surface area contributed by atoms with Gasteiger partial charge >= 0.3 is 0 Å². The van der Waals surface area contributed by atoms with Gasteiger partial charge in [-0.3, -0.25) is 4.79 Å². The Balaban J connectivity index is 1.67. The van der Waals surface area contributed by atoms with E-state index in [2.05, 4.69) is 5.32 Å². The average Bonchev–Trinajstić information content (AvgIpc) is 2.74. The van der Waals surface area contributed by atoms with Gasteiger partial charge in [0.15, 0.2) is 0 Å². The Hall–Kier alpha value is -1.42. The summed E-state index contributed by atoms with van der Waals surface area (Å²) in [6.07, 6.45) is 5.20. The van der Waals surface area contributed by atoms with Crippen molar-refractivity contribution < 1.29 is 9.18 Å². The fraction of sp³-hybridized carbons (Fsp3) is 0.562. The smallest absolute Gasteiger partial charge is 0.223 e. The Morgan fingerprint density at radius 1 is 1.15 bits per heavy atom. The molecule has 4 heteroatoms. The molecule has 0 bridgehead atoms. The normalized spacial score (nSPS) is 15.9. The fourth-order valence-electron chi connectivity index (χ4n) is 2.54. The molecule has 1 saturated heterocycles. The molecule has 20 heavy (non-hydrogen) atoms. The highest BCUT2D eigenvalue weighted by molar-refractivity contribution is 5.76. The monoisotopic (exact) mass is 278 g/mol. The minimum absolute atomic E-state index is 0.196. The van der Waals surface area contributed by atoms with Gasteiger partial charge < -0.3 is 10.2 Å². The summed E-state index contributed by atoms with van der Waals surface area (Å²) in [6, 6.07) is 6.72. The number of hydrogen-bond acceptors (Lipinski definition) is 2. The molecule has 1 aliphatic rings. The predicted molar refractivity (Wildman–Crippen MR) is 77.8 cm³/mol. The standard InChI is InChI=1S/C16H23FN2O/c17-15-8-4-3-7-14(15)13-18-10-9-16(20)19-11-5-1-2-6-12-19/h3-4,7-8,18H,1-2,5-6,9-13H2. The Morgan fingerprint density at radius 3 is 2.55 bits per heavy atom. The van der Waals surface area contributed by atoms with Crippen molar-refractivity contribution in [3.05, 3.63) is 35.6 Å². The summed E-state index contributed by atoms with van der Waals surface area (Å²) >= 11 is 0. The highest BCUT2D eigenvalue weighted by Gasteiger charge is 2.14. The molecule has 0 aromatic heterocycles. The number of amides is 1.